The van der Waals surface area contributed by atoms with Crippen molar-refractivity contribution in [3.05, 3.63) is 36.0 Å². The Bertz CT molecular complexity index is 365. The highest BCUT2D eigenvalue weighted by atomic mass is 35.5. The molecule has 1 aromatic rings. The first-order valence-corrected chi connectivity index (χ1v) is 5.04. The monoisotopic (exact) mass is 224 g/mol. The Morgan fingerprint density at radius 2 is 2.40 bits per heavy atom. The van der Waals surface area contributed by atoms with Gasteiger partial charge in [0.1, 0.15) is 11.0 Å². The van der Waals surface area contributed by atoms with E-state index in [1.807, 2.05) is 0 Å². The number of anilines is 1. The zero-order valence-corrected chi connectivity index (χ0v) is 9.37. The summed E-state index contributed by atoms with van der Waals surface area (Å²) in [5.41, 5.74) is 0. The van der Waals surface area contributed by atoms with E-state index >= 15 is 0 Å². The van der Waals surface area contributed by atoms with Gasteiger partial charge in [0, 0.05) is 13.5 Å². The van der Waals surface area contributed by atoms with Gasteiger partial charge < -0.3 is 0 Å². The van der Waals surface area contributed by atoms with Crippen LogP contribution in [0.1, 0.15) is 13.3 Å². The molecule has 1 aromatic heterocycles. The van der Waals surface area contributed by atoms with Crippen LogP contribution in [0.25, 0.3) is 0 Å². The summed E-state index contributed by atoms with van der Waals surface area (Å²) >= 11 is 5.76. The number of rotatable bonds is 4. The normalized spacial score (nSPS) is 9.73. The number of halogens is 1. The van der Waals surface area contributed by atoms with Crippen molar-refractivity contribution >= 4 is 23.3 Å². The first-order chi connectivity index (χ1) is 7.15. The summed E-state index contributed by atoms with van der Waals surface area (Å²) in [5.74, 6) is 0.531. The summed E-state index contributed by atoms with van der Waals surface area (Å²) in [7, 11) is 0. The van der Waals surface area contributed by atoms with Crippen molar-refractivity contribution in [2.75, 3.05) is 11.4 Å². The fourth-order valence-corrected chi connectivity index (χ4v) is 1.36. The van der Waals surface area contributed by atoms with Crippen molar-refractivity contribution in [1.82, 2.24) is 4.98 Å². The number of amides is 1. The third-order valence-electron chi connectivity index (χ3n) is 1.91. The van der Waals surface area contributed by atoms with Crippen LogP contribution in [0.15, 0.2) is 30.9 Å². The van der Waals surface area contributed by atoms with Gasteiger partial charge in [0.2, 0.25) is 5.91 Å². The lowest BCUT2D eigenvalue weighted by Crippen LogP contribution is -2.30. The van der Waals surface area contributed by atoms with E-state index in [1.54, 1.807) is 29.2 Å². The average Bonchev–Trinajstić information content (AvgIpc) is 2.18. The molecular formula is C11H13ClN2O. The standard InChI is InChI=1S/C11H13ClN2O/c1-3-4-8-14(9(2)15)11-7-5-6-10(12)13-11/h3,5-7H,1,4,8H2,2H3. The molecule has 0 spiro atoms. The predicted octanol–water partition coefficient (Wildman–Crippen LogP) is 2.66. The Hall–Kier alpha value is -1.35. The minimum Gasteiger partial charge on any atom is -0.297 e. The van der Waals surface area contributed by atoms with Crippen LogP contribution in [0.5, 0.6) is 0 Å². The van der Waals surface area contributed by atoms with E-state index in [0.717, 1.165) is 6.42 Å². The van der Waals surface area contributed by atoms with Crippen molar-refractivity contribution in [2.45, 2.75) is 13.3 Å². The molecule has 0 fully saturated rings. The highest BCUT2D eigenvalue weighted by Gasteiger charge is 2.11. The van der Waals surface area contributed by atoms with E-state index in [-0.39, 0.29) is 5.91 Å². The minimum absolute atomic E-state index is 0.0494. The molecule has 1 rings (SSSR count). The molecule has 3 nitrogen and oxygen atoms in total. The van der Waals surface area contributed by atoms with Gasteiger partial charge in [-0.15, -0.1) is 6.58 Å². The van der Waals surface area contributed by atoms with Crippen LogP contribution in [0.4, 0.5) is 5.82 Å². The summed E-state index contributed by atoms with van der Waals surface area (Å²) in [4.78, 5) is 17.0. The molecular weight excluding hydrogens is 212 g/mol. The van der Waals surface area contributed by atoms with E-state index in [0.29, 0.717) is 17.5 Å². The van der Waals surface area contributed by atoms with Gasteiger partial charge in [-0.3, -0.25) is 9.69 Å². The Kier molecular flexibility index (Phi) is 4.31. The Labute approximate surface area is 94.4 Å². The summed E-state index contributed by atoms with van der Waals surface area (Å²) in [6, 6.07) is 5.21. The summed E-state index contributed by atoms with van der Waals surface area (Å²) in [6.07, 6.45) is 2.49. The molecule has 0 aliphatic carbocycles. The van der Waals surface area contributed by atoms with Crippen LogP contribution in [-0.2, 0) is 4.79 Å². The fraction of sp³-hybridized carbons (Fsp3) is 0.273. The second-order valence-electron chi connectivity index (χ2n) is 3.07. The van der Waals surface area contributed by atoms with Crippen LogP contribution in [0.2, 0.25) is 5.15 Å². The Balaban J connectivity index is 2.88. The molecule has 1 amide bonds. The zero-order chi connectivity index (χ0) is 11.3. The van der Waals surface area contributed by atoms with Gasteiger partial charge in [-0.05, 0) is 18.6 Å². The van der Waals surface area contributed by atoms with E-state index in [2.05, 4.69) is 11.6 Å². The summed E-state index contributed by atoms with van der Waals surface area (Å²) in [6.45, 7) is 5.70. The first-order valence-electron chi connectivity index (χ1n) is 4.66. The van der Waals surface area contributed by atoms with E-state index in [4.69, 9.17) is 11.6 Å². The lowest BCUT2D eigenvalue weighted by molar-refractivity contribution is -0.116. The molecule has 0 atom stereocenters. The number of carbonyl (C=O) groups excluding carboxylic acids is 1. The molecule has 0 saturated heterocycles. The Morgan fingerprint density at radius 3 is 2.93 bits per heavy atom. The number of hydrogen-bond acceptors (Lipinski definition) is 2. The predicted molar refractivity (Wildman–Crippen MR) is 62.1 cm³/mol. The van der Waals surface area contributed by atoms with Crippen molar-refractivity contribution < 1.29 is 4.79 Å². The molecule has 1 heterocycles. The maximum Gasteiger partial charge on any atom is 0.225 e. The quantitative estimate of drug-likeness (QED) is 0.582. The van der Waals surface area contributed by atoms with Crippen LogP contribution in [0, 0.1) is 0 Å². The van der Waals surface area contributed by atoms with Crippen LogP contribution >= 0.6 is 11.6 Å². The Morgan fingerprint density at radius 1 is 1.67 bits per heavy atom. The highest BCUT2D eigenvalue weighted by Crippen LogP contribution is 2.14. The SMILES string of the molecule is C=CCCN(C(C)=O)c1cccc(Cl)n1. The topological polar surface area (TPSA) is 33.2 Å². The molecule has 15 heavy (non-hydrogen) atoms. The van der Waals surface area contributed by atoms with Crippen LogP contribution < -0.4 is 4.90 Å². The number of hydrogen-bond donors (Lipinski definition) is 0. The molecule has 0 aliphatic rings. The molecule has 0 bridgehead atoms. The van der Waals surface area contributed by atoms with E-state index in [9.17, 15) is 4.79 Å². The lowest BCUT2D eigenvalue weighted by atomic mass is 10.3. The molecule has 0 radical (unpaired) electrons. The van der Waals surface area contributed by atoms with Crippen LogP contribution in [0.3, 0.4) is 0 Å². The van der Waals surface area contributed by atoms with Gasteiger partial charge in [0.15, 0.2) is 0 Å². The number of carbonyl (C=O) groups is 1. The lowest BCUT2D eigenvalue weighted by Gasteiger charge is -2.19. The fourth-order valence-electron chi connectivity index (χ4n) is 1.20. The molecule has 80 valence electrons. The maximum atomic E-state index is 11.4. The van der Waals surface area contributed by atoms with Gasteiger partial charge in [-0.1, -0.05) is 23.7 Å². The molecule has 0 unspecified atom stereocenters. The van der Waals surface area contributed by atoms with E-state index in [1.165, 1.54) is 6.92 Å². The highest BCUT2D eigenvalue weighted by molar-refractivity contribution is 6.29. The van der Waals surface area contributed by atoms with E-state index < -0.39 is 0 Å². The third kappa shape index (κ3) is 3.36. The molecule has 0 aromatic carbocycles. The van der Waals surface area contributed by atoms with Crippen LogP contribution in [-0.4, -0.2) is 17.4 Å². The molecule has 4 heteroatoms. The van der Waals surface area contributed by atoms with Gasteiger partial charge in [0.05, 0.1) is 0 Å². The summed E-state index contributed by atoms with van der Waals surface area (Å²) in [5, 5.41) is 0.386. The largest absolute Gasteiger partial charge is 0.297 e. The first kappa shape index (κ1) is 11.7. The second-order valence-corrected chi connectivity index (χ2v) is 3.45. The van der Waals surface area contributed by atoms with Gasteiger partial charge >= 0.3 is 0 Å². The second kappa shape index (κ2) is 5.51. The average molecular weight is 225 g/mol. The molecule has 0 N–H and O–H groups in total. The van der Waals surface area contributed by atoms with Crippen molar-refractivity contribution in [1.29, 1.82) is 0 Å². The molecule has 0 aliphatic heterocycles. The smallest absolute Gasteiger partial charge is 0.225 e. The van der Waals surface area contributed by atoms with Gasteiger partial charge in [0.25, 0.3) is 0 Å². The zero-order valence-electron chi connectivity index (χ0n) is 8.61. The van der Waals surface area contributed by atoms with Gasteiger partial charge in [-0.25, -0.2) is 4.98 Å². The van der Waals surface area contributed by atoms with Crippen molar-refractivity contribution in [3.8, 4) is 0 Å². The summed E-state index contributed by atoms with van der Waals surface area (Å²) < 4.78 is 0. The number of nitrogens with zero attached hydrogens (tertiary/aromatic N) is 2. The minimum atomic E-state index is -0.0494. The molecule has 0 saturated carbocycles. The number of pyridine rings is 1. The number of aromatic nitrogens is 1. The van der Waals surface area contributed by atoms with Crippen molar-refractivity contribution in [2.24, 2.45) is 0 Å². The van der Waals surface area contributed by atoms with Crippen molar-refractivity contribution in [3.63, 3.8) is 0 Å². The van der Waals surface area contributed by atoms with Gasteiger partial charge in [-0.2, -0.15) is 0 Å². The maximum absolute atomic E-state index is 11.4. The third-order valence-corrected chi connectivity index (χ3v) is 2.12.